The molecule has 0 aromatic rings. The highest BCUT2D eigenvalue weighted by molar-refractivity contribution is 5.85. The summed E-state index contributed by atoms with van der Waals surface area (Å²) in [4.78, 5) is 22.5. The van der Waals surface area contributed by atoms with Crippen molar-refractivity contribution in [3.63, 3.8) is 0 Å². The average molecular weight is 230 g/mol. The van der Waals surface area contributed by atoms with Gasteiger partial charge in [-0.2, -0.15) is 0 Å². The Bertz CT molecular complexity index is 244. The molecule has 0 heterocycles. The fourth-order valence-electron chi connectivity index (χ4n) is 0.885. The molecule has 0 saturated heterocycles. The van der Waals surface area contributed by atoms with Gasteiger partial charge in [-0.25, -0.2) is 0 Å². The van der Waals surface area contributed by atoms with Gasteiger partial charge in [-0.15, -0.1) is 0 Å². The van der Waals surface area contributed by atoms with E-state index in [0.29, 0.717) is 0 Å². The van der Waals surface area contributed by atoms with E-state index in [4.69, 9.17) is 4.74 Å². The van der Waals surface area contributed by atoms with Gasteiger partial charge < -0.3 is 15.4 Å². The Labute approximate surface area is 96.9 Å². The molecule has 0 aliphatic heterocycles. The van der Waals surface area contributed by atoms with Gasteiger partial charge in [0.05, 0.1) is 12.1 Å². The SMILES string of the molecule is CC(C)NC(=O)CNC(=O)COC(C)(C)C. The Kier molecular flexibility index (Phi) is 6.03. The van der Waals surface area contributed by atoms with Gasteiger partial charge in [0.25, 0.3) is 0 Å². The first-order valence-electron chi connectivity index (χ1n) is 5.41. The lowest BCUT2D eigenvalue weighted by Crippen LogP contribution is -2.41. The minimum absolute atomic E-state index is 0.00941. The molecule has 0 radical (unpaired) electrons. The second kappa shape index (κ2) is 6.48. The number of carbonyl (C=O) groups is 2. The van der Waals surface area contributed by atoms with Crippen LogP contribution in [-0.2, 0) is 14.3 Å². The first kappa shape index (κ1) is 14.9. The number of nitrogens with one attached hydrogen (secondary N) is 2. The Morgan fingerprint density at radius 3 is 2.19 bits per heavy atom. The van der Waals surface area contributed by atoms with Crippen molar-refractivity contribution in [3.8, 4) is 0 Å². The maximum absolute atomic E-state index is 11.3. The minimum atomic E-state index is -0.350. The minimum Gasteiger partial charge on any atom is -0.366 e. The quantitative estimate of drug-likeness (QED) is 0.720. The van der Waals surface area contributed by atoms with E-state index in [9.17, 15) is 9.59 Å². The largest absolute Gasteiger partial charge is 0.366 e. The molecule has 0 aromatic carbocycles. The van der Waals surface area contributed by atoms with Crippen molar-refractivity contribution in [3.05, 3.63) is 0 Å². The highest BCUT2D eigenvalue weighted by Gasteiger charge is 2.13. The lowest BCUT2D eigenvalue weighted by Gasteiger charge is -2.19. The molecular formula is C11H22N2O3. The molecule has 0 rings (SSSR count). The molecule has 2 N–H and O–H groups in total. The van der Waals surface area contributed by atoms with Gasteiger partial charge >= 0.3 is 0 Å². The van der Waals surface area contributed by atoms with Crippen LogP contribution in [0.5, 0.6) is 0 Å². The molecule has 5 heteroatoms. The molecule has 2 amide bonds. The average Bonchev–Trinajstić information content (AvgIpc) is 2.09. The van der Waals surface area contributed by atoms with Crippen LogP contribution >= 0.6 is 0 Å². The third kappa shape index (κ3) is 9.45. The van der Waals surface area contributed by atoms with Crippen LogP contribution in [0.25, 0.3) is 0 Å². The lowest BCUT2D eigenvalue weighted by molar-refractivity contribution is -0.132. The zero-order chi connectivity index (χ0) is 12.8. The van der Waals surface area contributed by atoms with E-state index in [1.54, 1.807) is 0 Å². The van der Waals surface area contributed by atoms with Gasteiger partial charge in [-0.3, -0.25) is 9.59 Å². The molecule has 5 nitrogen and oxygen atoms in total. The molecule has 94 valence electrons. The number of ether oxygens (including phenoxy) is 1. The molecule has 0 fully saturated rings. The van der Waals surface area contributed by atoms with E-state index in [2.05, 4.69) is 10.6 Å². The smallest absolute Gasteiger partial charge is 0.246 e. The molecule has 0 spiro atoms. The maximum Gasteiger partial charge on any atom is 0.246 e. The second-order valence-electron chi connectivity index (χ2n) is 4.90. The van der Waals surface area contributed by atoms with Crippen molar-refractivity contribution in [2.75, 3.05) is 13.2 Å². The molecular weight excluding hydrogens is 208 g/mol. The van der Waals surface area contributed by atoms with Crippen molar-refractivity contribution < 1.29 is 14.3 Å². The predicted molar refractivity (Wildman–Crippen MR) is 62.0 cm³/mol. The van der Waals surface area contributed by atoms with Gasteiger partial charge in [0.15, 0.2) is 0 Å². The third-order valence-electron chi connectivity index (χ3n) is 1.53. The van der Waals surface area contributed by atoms with E-state index in [-0.39, 0.29) is 36.6 Å². The standard InChI is InChI=1S/C11H22N2O3/c1-8(2)13-9(14)6-12-10(15)7-16-11(3,4)5/h8H,6-7H2,1-5H3,(H,12,15)(H,13,14). The second-order valence-corrected chi connectivity index (χ2v) is 4.90. The van der Waals surface area contributed by atoms with Crippen molar-refractivity contribution in [2.24, 2.45) is 0 Å². The molecule has 0 unspecified atom stereocenters. The normalized spacial score (nSPS) is 11.4. The summed E-state index contributed by atoms with van der Waals surface area (Å²) in [7, 11) is 0. The van der Waals surface area contributed by atoms with Gasteiger partial charge in [-0.1, -0.05) is 0 Å². The zero-order valence-corrected chi connectivity index (χ0v) is 10.7. The van der Waals surface area contributed by atoms with Gasteiger partial charge in [0.2, 0.25) is 11.8 Å². The molecule has 0 aliphatic rings. The van der Waals surface area contributed by atoms with Crippen LogP contribution in [0.3, 0.4) is 0 Å². The van der Waals surface area contributed by atoms with Crippen molar-refractivity contribution in [1.82, 2.24) is 10.6 Å². The number of hydrogen-bond acceptors (Lipinski definition) is 3. The van der Waals surface area contributed by atoms with Gasteiger partial charge in [0.1, 0.15) is 6.61 Å². The van der Waals surface area contributed by atoms with Crippen LogP contribution in [0.1, 0.15) is 34.6 Å². The zero-order valence-electron chi connectivity index (χ0n) is 10.7. The van der Waals surface area contributed by atoms with E-state index >= 15 is 0 Å². The summed E-state index contributed by atoms with van der Waals surface area (Å²) in [5.74, 6) is -0.479. The molecule has 16 heavy (non-hydrogen) atoms. The predicted octanol–water partition coefficient (Wildman–Crippen LogP) is 0.442. The van der Waals surface area contributed by atoms with Crippen LogP contribution in [0.4, 0.5) is 0 Å². The Morgan fingerprint density at radius 1 is 1.19 bits per heavy atom. The van der Waals surface area contributed by atoms with E-state index in [1.165, 1.54) is 0 Å². The molecule has 0 atom stereocenters. The molecule has 0 aliphatic carbocycles. The molecule has 0 saturated carbocycles. The summed E-state index contributed by atoms with van der Waals surface area (Å²) >= 11 is 0. The van der Waals surface area contributed by atoms with Crippen LogP contribution in [0.15, 0.2) is 0 Å². The summed E-state index contributed by atoms with van der Waals surface area (Å²) < 4.78 is 5.26. The van der Waals surface area contributed by atoms with E-state index < -0.39 is 0 Å². The van der Waals surface area contributed by atoms with Crippen molar-refractivity contribution in [1.29, 1.82) is 0 Å². The van der Waals surface area contributed by atoms with E-state index in [1.807, 2.05) is 34.6 Å². The van der Waals surface area contributed by atoms with Crippen LogP contribution in [0.2, 0.25) is 0 Å². The summed E-state index contributed by atoms with van der Waals surface area (Å²) in [5.41, 5.74) is -0.350. The van der Waals surface area contributed by atoms with E-state index in [0.717, 1.165) is 0 Å². The number of hydrogen-bond donors (Lipinski definition) is 2. The monoisotopic (exact) mass is 230 g/mol. The molecule has 0 bridgehead atoms. The van der Waals surface area contributed by atoms with Crippen LogP contribution in [0, 0.1) is 0 Å². The fraction of sp³-hybridized carbons (Fsp3) is 0.818. The highest BCUT2D eigenvalue weighted by atomic mass is 16.5. The summed E-state index contributed by atoms with van der Waals surface area (Å²) in [5, 5.41) is 5.16. The Balaban J connectivity index is 3.70. The fourth-order valence-corrected chi connectivity index (χ4v) is 0.885. The molecule has 0 aromatic heterocycles. The van der Waals surface area contributed by atoms with Crippen LogP contribution in [-0.4, -0.2) is 36.6 Å². The topological polar surface area (TPSA) is 67.4 Å². The highest BCUT2D eigenvalue weighted by Crippen LogP contribution is 2.05. The van der Waals surface area contributed by atoms with Crippen molar-refractivity contribution in [2.45, 2.75) is 46.3 Å². The summed E-state index contributed by atoms with van der Waals surface area (Å²) in [6, 6.07) is 0.0789. The van der Waals surface area contributed by atoms with Crippen LogP contribution < -0.4 is 10.6 Å². The first-order chi connectivity index (χ1) is 7.20. The maximum atomic E-state index is 11.3. The number of rotatable bonds is 5. The number of amides is 2. The lowest BCUT2D eigenvalue weighted by atomic mass is 10.2. The first-order valence-corrected chi connectivity index (χ1v) is 5.41. The van der Waals surface area contributed by atoms with Gasteiger partial charge in [0, 0.05) is 6.04 Å². The third-order valence-corrected chi connectivity index (χ3v) is 1.53. The number of carbonyl (C=O) groups excluding carboxylic acids is 2. The Hall–Kier alpha value is -1.10. The summed E-state index contributed by atoms with van der Waals surface area (Å²) in [6.45, 7) is 9.29. The van der Waals surface area contributed by atoms with Crippen molar-refractivity contribution >= 4 is 11.8 Å². The van der Waals surface area contributed by atoms with Gasteiger partial charge in [-0.05, 0) is 34.6 Å². The Morgan fingerprint density at radius 2 is 1.75 bits per heavy atom. The summed E-state index contributed by atoms with van der Waals surface area (Å²) in [6.07, 6.45) is 0.